The van der Waals surface area contributed by atoms with Crippen molar-refractivity contribution in [2.45, 2.75) is 13.0 Å². The molecular weight excluding hydrogens is 394 g/mol. The molecule has 5 heteroatoms. The van der Waals surface area contributed by atoms with Gasteiger partial charge in [-0.1, -0.05) is 12.2 Å². The van der Waals surface area contributed by atoms with E-state index in [9.17, 15) is 0 Å². The van der Waals surface area contributed by atoms with Gasteiger partial charge in [0.1, 0.15) is 0 Å². The second-order valence-corrected chi connectivity index (χ2v) is 8.34. The van der Waals surface area contributed by atoms with Crippen LogP contribution in [0.15, 0.2) is 60.7 Å². The Kier molecular flexibility index (Phi) is 4.21. The minimum atomic E-state index is 0.311. The summed E-state index contributed by atoms with van der Waals surface area (Å²) in [7, 11) is 2.13. The fourth-order valence-corrected chi connectivity index (χ4v) is 4.31. The summed E-state index contributed by atoms with van der Waals surface area (Å²) >= 11 is 0. The Bertz CT molecular complexity index is 1510. The van der Waals surface area contributed by atoms with Crippen molar-refractivity contribution in [2.75, 3.05) is 7.05 Å². The maximum absolute atomic E-state index is 4.96. The molecule has 3 aliphatic rings. The lowest BCUT2D eigenvalue weighted by Crippen LogP contribution is -2.28. The molecule has 6 heterocycles. The van der Waals surface area contributed by atoms with E-state index in [1.165, 1.54) is 0 Å². The first-order valence-corrected chi connectivity index (χ1v) is 10.8. The highest BCUT2D eigenvalue weighted by Gasteiger charge is 2.20. The van der Waals surface area contributed by atoms with Crippen LogP contribution in [-0.4, -0.2) is 37.9 Å². The van der Waals surface area contributed by atoms with E-state index in [0.29, 0.717) is 6.04 Å². The van der Waals surface area contributed by atoms with Crippen molar-refractivity contribution in [2.24, 2.45) is 0 Å². The summed E-state index contributed by atoms with van der Waals surface area (Å²) in [6.45, 7) is 2.20. The monoisotopic (exact) mass is 417 g/mol. The lowest BCUT2D eigenvalue weighted by atomic mass is 10.0. The maximum atomic E-state index is 4.96. The molecule has 2 N–H and O–H groups in total. The standard InChI is InChI=1S/C27H23N5/c1-17-4-3-5-26(32(17)2)27-24-12-10-22(30-24)15-20-8-6-18(28-20)14-19-7-9-21(29-19)16-23-11-13-25(27)31-23/h3-17,28,30H,1-2H3. The van der Waals surface area contributed by atoms with Crippen molar-refractivity contribution in [1.82, 2.24) is 24.8 Å². The fourth-order valence-electron chi connectivity index (χ4n) is 4.31. The van der Waals surface area contributed by atoms with E-state index in [1.807, 2.05) is 18.2 Å². The molecule has 3 aromatic heterocycles. The van der Waals surface area contributed by atoms with Gasteiger partial charge in [0.05, 0.1) is 28.3 Å². The van der Waals surface area contributed by atoms with Crippen LogP contribution in [0.1, 0.15) is 35.3 Å². The molecule has 0 amide bonds. The van der Waals surface area contributed by atoms with Crippen LogP contribution in [0.2, 0.25) is 0 Å². The Morgan fingerprint density at radius 1 is 0.781 bits per heavy atom. The topological polar surface area (TPSA) is 60.6 Å². The molecule has 0 saturated heterocycles. The first-order valence-electron chi connectivity index (χ1n) is 10.8. The second kappa shape index (κ2) is 7.24. The average molecular weight is 418 g/mol. The minimum Gasteiger partial charge on any atom is -0.368 e. The third-order valence-corrected chi connectivity index (χ3v) is 6.11. The summed E-state index contributed by atoms with van der Waals surface area (Å²) < 4.78 is 0. The number of hydrogen-bond donors (Lipinski definition) is 2. The van der Waals surface area contributed by atoms with E-state index in [2.05, 4.69) is 95.6 Å². The highest BCUT2D eigenvalue weighted by molar-refractivity contribution is 5.88. The summed E-state index contributed by atoms with van der Waals surface area (Å²) in [6.07, 6.45) is 14.7. The van der Waals surface area contributed by atoms with E-state index in [1.54, 1.807) is 0 Å². The molecule has 3 aliphatic heterocycles. The zero-order valence-electron chi connectivity index (χ0n) is 18.0. The third kappa shape index (κ3) is 3.28. The van der Waals surface area contributed by atoms with Crippen molar-refractivity contribution >= 4 is 52.1 Å². The van der Waals surface area contributed by atoms with Crippen molar-refractivity contribution in [3.63, 3.8) is 0 Å². The van der Waals surface area contributed by atoms with Crippen LogP contribution < -0.4 is 0 Å². The Labute approximate surface area is 186 Å². The van der Waals surface area contributed by atoms with Gasteiger partial charge in [-0.25, -0.2) is 9.97 Å². The zero-order valence-corrected chi connectivity index (χ0v) is 18.0. The molecule has 0 radical (unpaired) electrons. The molecule has 0 aliphatic carbocycles. The molecule has 3 aromatic rings. The van der Waals surface area contributed by atoms with E-state index in [0.717, 1.165) is 56.1 Å². The van der Waals surface area contributed by atoms with Gasteiger partial charge in [-0.15, -0.1) is 0 Å². The Balaban J connectivity index is 1.70. The van der Waals surface area contributed by atoms with Crippen molar-refractivity contribution in [3.05, 3.63) is 89.0 Å². The van der Waals surface area contributed by atoms with Crippen LogP contribution in [0, 0.1) is 0 Å². The number of fused-ring (bicyclic) bond motifs is 8. The molecule has 6 rings (SSSR count). The number of likely N-dealkylation sites (N-methyl/N-ethyl adjacent to an activating group) is 1. The minimum absolute atomic E-state index is 0.311. The predicted molar refractivity (Wildman–Crippen MR) is 133 cm³/mol. The number of aromatic nitrogens is 4. The number of H-pyrrole nitrogens is 2. The van der Waals surface area contributed by atoms with Crippen molar-refractivity contribution < 1.29 is 0 Å². The summed E-state index contributed by atoms with van der Waals surface area (Å²) in [5.41, 5.74) is 10.0. The van der Waals surface area contributed by atoms with Crippen LogP contribution in [0.25, 0.3) is 52.1 Å². The molecule has 0 saturated carbocycles. The van der Waals surface area contributed by atoms with E-state index < -0.39 is 0 Å². The van der Waals surface area contributed by atoms with Gasteiger partial charge in [-0.2, -0.15) is 0 Å². The summed E-state index contributed by atoms with van der Waals surface area (Å²) in [4.78, 5) is 19.0. The number of aromatic amines is 2. The van der Waals surface area contributed by atoms with Gasteiger partial charge < -0.3 is 14.9 Å². The first kappa shape index (κ1) is 18.6. The van der Waals surface area contributed by atoms with Gasteiger partial charge in [0.2, 0.25) is 0 Å². The Morgan fingerprint density at radius 3 is 2.34 bits per heavy atom. The summed E-state index contributed by atoms with van der Waals surface area (Å²) in [6, 6.07) is 14.9. The van der Waals surface area contributed by atoms with Crippen LogP contribution >= 0.6 is 0 Å². The third-order valence-electron chi connectivity index (χ3n) is 6.11. The van der Waals surface area contributed by atoms with Gasteiger partial charge in [0.15, 0.2) is 0 Å². The molecule has 1 atom stereocenters. The molecular formula is C27H23N5. The number of nitrogens with zero attached hydrogens (tertiary/aromatic N) is 3. The lowest BCUT2D eigenvalue weighted by molar-refractivity contribution is 0.426. The SMILES string of the molecule is CC1C=CC=C(c2c3nc(cc4nc(cc5ccc(cc6ccc2[nH]6)[nH]5)C=C4)C=C3)N1C. The Hall–Kier alpha value is -4.12. The van der Waals surface area contributed by atoms with Gasteiger partial charge >= 0.3 is 0 Å². The largest absolute Gasteiger partial charge is 0.368 e. The molecule has 0 fully saturated rings. The van der Waals surface area contributed by atoms with E-state index >= 15 is 0 Å². The summed E-state index contributed by atoms with van der Waals surface area (Å²) in [5.74, 6) is 0. The second-order valence-electron chi connectivity index (χ2n) is 8.34. The maximum Gasteiger partial charge on any atom is 0.0751 e. The van der Waals surface area contributed by atoms with Crippen LogP contribution in [0.3, 0.4) is 0 Å². The average Bonchev–Trinajstić information content (AvgIpc) is 3.56. The van der Waals surface area contributed by atoms with Gasteiger partial charge in [-0.05, 0) is 79.8 Å². The van der Waals surface area contributed by atoms with Crippen molar-refractivity contribution in [3.8, 4) is 0 Å². The number of nitrogens with one attached hydrogen (secondary N) is 2. The van der Waals surface area contributed by atoms with E-state index in [-0.39, 0.29) is 0 Å². The highest BCUT2D eigenvalue weighted by atomic mass is 15.1. The number of hydrogen-bond acceptors (Lipinski definition) is 3. The number of allylic oxidation sites excluding steroid dienone is 2. The molecule has 1 unspecified atom stereocenters. The molecule has 156 valence electrons. The quantitative estimate of drug-likeness (QED) is 0.358. The van der Waals surface area contributed by atoms with Crippen molar-refractivity contribution in [1.29, 1.82) is 0 Å². The van der Waals surface area contributed by atoms with Gasteiger partial charge in [0.25, 0.3) is 0 Å². The molecule has 0 spiro atoms. The predicted octanol–water partition coefficient (Wildman–Crippen LogP) is 5.89. The van der Waals surface area contributed by atoms with Crippen LogP contribution in [-0.2, 0) is 0 Å². The van der Waals surface area contributed by atoms with Crippen LogP contribution in [0.5, 0.6) is 0 Å². The first-order chi connectivity index (χ1) is 15.6. The molecule has 0 aromatic carbocycles. The Morgan fingerprint density at radius 2 is 1.47 bits per heavy atom. The molecule has 5 nitrogen and oxygen atoms in total. The highest BCUT2D eigenvalue weighted by Crippen LogP contribution is 2.31. The smallest absolute Gasteiger partial charge is 0.0751 e. The molecule has 32 heavy (non-hydrogen) atoms. The fraction of sp³-hybridized carbons (Fsp3) is 0.111. The van der Waals surface area contributed by atoms with E-state index in [4.69, 9.17) is 9.97 Å². The van der Waals surface area contributed by atoms with Gasteiger partial charge in [0, 0.05) is 40.9 Å². The lowest BCUT2D eigenvalue weighted by Gasteiger charge is -2.30. The van der Waals surface area contributed by atoms with Gasteiger partial charge in [-0.3, -0.25) is 0 Å². The zero-order chi connectivity index (χ0) is 21.7. The summed E-state index contributed by atoms with van der Waals surface area (Å²) in [5, 5.41) is 0. The number of rotatable bonds is 1. The molecule has 8 bridgehead atoms. The van der Waals surface area contributed by atoms with Crippen LogP contribution in [0.4, 0.5) is 0 Å². The normalized spacial score (nSPS) is 17.1.